The monoisotopic (exact) mass is 402 g/mol. The molecule has 162 valence electrons. The Labute approximate surface area is 175 Å². The molecule has 4 aliphatic carbocycles. The van der Waals surface area contributed by atoms with Crippen LogP contribution in [0, 0.1) is 40.4 Å². The van der Waals surface area contributed by atoms with Crippen molar-refractivity contribution in [1.82, 2.24) is 5.32 Å². The van der Waals surface area contributed by atoms with E-state index in [0.717, 1.165) is 64.5 Å². The smallest absolute Gasteiger partial charge is 0.141 e. The van der Waals surface area contributed by atoms with Crippen molar-refractivity contribution in [3.63, 3.8) is 0 Å². The normalized spacial score (nSPS) is 50.9. The second-order valence-electron chi connectivity index (χ2n) is 11.2. The molecule has 0 spiro atoms. The minimum absolute atomic E-state index is 0.0885. The minimum Gasteiger partial charge on any atom is -0.396 e. The number of fused-ring (bicyclic) bond motifs is 5. The number of nitrogens with zero attached hydrogens (tertiary/aromatic N) is 1. The van der Waals surface area contributed by atoms with E-state index >= 15 is 0 Å². The van der Waals surface area contributed by atoms with Gasteiger partial charge < -0.3 is 15.3 Å². The summed E-state index contributed by atoms with van der Waals surface area (Å²) in [4.78, 5) is 18.5. The first-order valence-electron chi connectivity index (χ1n) is 12.0. The molecular weight excluding hydrogens is 364 g/mol. The molecular formula is C24H38N2O3. The molecule has 4 saturated carbocycles. The van der Waals surface area contributed by atoms with E-state index in [-0.39, 0.29) is 23.5 Å². The lowest BCUT2D eigenvalue weighted by Crippen LogP contribution is -2.57. The molecule has 5 heteroatoms. The zero-order valence-electron chi connectivity index (χ0n) is 18.2. The van der Waals surface area contributed by atoms with E-state index in [1.54, 1.807) is 0 Å². The minimum atomic E-state index is -0.0885. The summed E-state index contributed by atoms with van der Waals surface area (Å²) in [6, 6.07) is 0. The van der Waals surface area contributed by atoms with Crippen LogP contribution in [0.1, 0.15) is 71.6 Å². The van der Waals surface area contributed by atoms with E-state index in [4.69, 9.17) is 4.84 Å². The number of carbonyl (C=O) groups excluding carboxylic acids is 1. The Morgan fingerprint density at radius 1 is 1.14 bits per heavy atom. The number of aliphatic hydroxyl groups excluding tert-OH is 1. The highest BCUT2D eigenvalue weighted by atomic mass is 16.6. The van der Waals surface area contributed by atoms with Crippen molar-refractivity contribution < 1.29 is 14.7 Å². The Hall–Kier alpha value is -0.940. The fraction of sp³-hybridized carbons (Fsp3) is 0.917. The summed E-state index contributed by atoms with van der Waals surface area (Å²) in [6.07, 6.45) is 9.61. The predicted octanol–water partition coefficient (Wildman–Crippen LogP) is 3.55. The van der Waals surface area contributed by atoms with E-state index in [1.165, 1.54) is 12.1 Å². The van der Waals surface area contributed by atoms with E-state index in [2.05, 4.69) is 24.3 Å². The molecule has 1 saturated heterocycles. The van der Waals surface area contributed by atoms with E-state index in [1.807, 2.05) is 0 Å². The average Bonchev–Trinajstić information content (AvgIpc) is 3.34. The maximum Gasteiger partial charge on any atom is 0.141 e. The zero-order valence-corrected chi connectivity index (χ0v) is 18.2. The Kier molecular flexibility index (Phi) is 5.05. The van der Waals surface area contributed by atoms with Crippen molar-refractivity contribution in [1.29, 1.82) is 0 Å². The first-order valence-corrected chi connectivity index (χ1v) is 12.0. The van der Waals surface area contributed by atoms with Crippen LogP contribution in [0.5, 0.6) is 0 Å². The van der Waals surface area contributed by atoms with E-state index in [0.29, 0.717) is 35.4 Å². The van der Waals surface area contributed by atoms with Crippen LogP contribution >= 0.6 is 0 Å². The number of hydrogen-bond acceptors (Lipinski definition) is 5. The Bertz CT molecular complexity index is 688. The number of oxime groups is 1. The van der Waals surface area contributed by atoms with Gasteiger partial charge in [-0.05, 0) is 86.5 Å². The molecule has 8 atom stereocenters. The van der Waals surface area contributed by atoms with Crippen molar-refractivity contribution in [3.05, 3.63) is 0 Å². The third kappa shape index (κ3) is 3.10. The molecule has 29 heavy (non-hydrogen) atoms. The highest BCUT2D eigenvalue weighted by Gasteiger charge is 2.61. The molecule has 0 amide bonds. The molecule has 5 aliphatic rings. The van der Waals surface area contributed by atoms with Crippen LogP contribution in [0.25, 0.3) is 0 Å². The largest absolute Gasteiger partial charge is 0.396 e. The summed E-state index contributed by atoms with van der Waals surface area (Å²) in [5.41, 5.74) is 1.37. The summed E-state index contributed by atoms with van der Waals surface area (Å²) < 4.78 is 0. The molecule has 5 rings (SSSR count). The van der Waals surface area contributed by atoms with Gasteiger partial charge in [0.25, 0.3) is 0 Å². The van der Waals surface area contributed by atoms with E-state index in [9.17, 15) is 9.90 Å². The second kappa shape index (κ2) is 7.33. The van der Waals surface area contributed by atoms with Gasteiger partial charge in [0.15, 0.2) is 0 Å². The summed E-state index contributed by atoms with van der Waals surface area (Å²) >= 11 is 0. The van der Waals surface area contributed by atoms with Crippen LogP contribution < -0.4 is 5.32 Å². The van der Waals surface area contributed by atoms with Crippen molar-refractivity contribution in [2.45, 2.75) is 77.7 Å². The topological polar surface area (TPSA) is 70.9 Å². The molecule has 0 aromatic rings. The third-order valence-electron chi connectivity index (χ3n) is 9.97. The third-order valence-corrected chi connectivity index (χ3v) is 9.97. The predicted molar refractivity (Wildman–Crippen MR) is 112 cm³/mol. The molecule has 1 aliphatic heterocycles. The fourth-order valence-corrected chi connectivity index (χ4v) is 8.23. The number of aliphatic hydroxyl groups is 1. The molecule has 5 fully saturated rings. The summed E-state index contributed by atoms with van der Waals surface area (Å²) in [5.74, 6) is 3.17. The van der Waals surface area contributed by atoms with E-state index < -0.39 is 0 Å². The SMILES string of the molecule is C[C@]12CC/C(=N\O[C@@H]3CCNC3)CC1[C@@H](CO)C[C@@H]1[C@@H]2CC[C@]2(C)C(=O)CC[C@@H]12. The molecule has 1 unspecified atom stereocenters. The Balaban J connectivity index is 1.37. The van der Waals surface area contributed by atoms with Gasteiger partial charge in [0.2, 0.25) is 0 Å². The van der Waals surface area contributed by atoms with Gasteiger partial charge in [0.1, 0.15) is 11.9 Å². The first kappa shape index (κ1) is 20.0. The van der Waals surface area contributed by atoms with Gasteiger partial charge in [-0.1, -0.05) is 19.0 Å². The molecule has 5 nitrogen and oxygen atoms in total. The molecule has 2 N–H and O–H groups in total. The number of rotatable bonds is 3. The van der Waals surface area contributed by atoms with Gasteiger partial charge in [-0.25, -0.2) is 0 Å². The first-order chi connectivity index (χ1) is 14.0. The number of hydrogen-bond donors (Lipinski definition) is 2. The molecule has 0 radical (unpaired) electrons. The fourth-order valence-electron chi connectivity index (χ4n) is 8.23. The molecule has 0 aromatic carbocycles. The lowest BCUT2D eigenvalue weighted by Gasteiger charge is -2.61. The van der Waals surface area contributed by atoms with Crippen molar-refractivity contribution in [2.24, 2.45) is 45.6 Å². The lowest BCUT2D eigenvalue weighted by atomic mass is 9.43. The van der Waals surface area contributed by atoms with Crippen LogP contribution in [0.15, 0.2) is 5.16 Å². The van der Waals surface area contributed by atoms with Crippen LogP contribution in [0.4, 0.5) is 0 Å². The van der Waals surface area contributed by atoms with Gasteiger partial charge in [0, 0.05) is 31.4 Å². The second-order valence-corrected chi connectivity index (χ2v) is 11.2. The quantitative estimate of drug-likeness (QED) is 0.708. The maximum absolute atomic E-state index is 12.7. The zero-order chi connectivity index (χ0) is 20.2. The van der Waals surface area contributed by atoms with Crippen LogP contribution in [-0.2, 0) is 9.63 Å². The van der Waals surface area contributed by atoms with Gasteiger partial charge in [0.05, 0.1) is 5.71 Å². The Morgan fingerprint density at radius 2 is 2.00 bits per heavy atom. The van der Waals surface area contributed by atoms with Gasteiger partial charge in [-0.2, -0.15) is 0 Å². The number of ketones is 1. The van der Waals surface area contributed by atoms with Gasteiger partial charge >= 0.3 is 0 Å². The summed E-state index contributed by atoms with van der Waals surface area (Å²) in [7, 11) is 0. The van der Waals surface area contributed by atoms with Crippen molar-refractivity contribution in [2.75, 3.05) is 19.7 Å². The standard InChI is InChI=1S/C24H38N2O3/c1-23-8-5-16(26-29-17-7-10-25-13-17)12-21(23)15(14-27)11-18-19-3-4-22(28)24(19,2)9-6-20(18)23/h15,17-21,25,27H,3-14H2,1-2H3/b26-16+/t15-,17-,18+,19+,20+,21?,23-,24+/m1/s1. The lowest BCUT2D eigenvalue weighted by molar-refractivity contribution is -0.145. The van der Waals surface area contributed by atoms with Gasteiger partial charge in [-0.15, -0.1) is 0 Å². The van der Waals surface area contributed by atoms with Crippen LogP contribution in [-0.4, -0.2) is 42.4 Å². The summed E-state index contributed by atoms with van der Waals surface area (Å²) in [6.45, 7) is 6.93. The highest BCUT2D eigenvalue weighted by molar-refractivity contribution is 5.87. The average molecular weight is 403 g/mol. The number of carbonyl (C=O) groups is 1. The van der Waals surface area contributed by atoms with Crippen molar-refractivity contribution >= 4 is 11.5 Å². The molecule has 0 aromatic heterocycles. The summed E-state index contributed by atoms with van der Waals surface area (Å²) in [5, 5.41) is 18.3. The van der Waals surface area contributed by atoms with Crippen LogP contribution in [0.2, 0.25) is 0 Å². The molecule has 1 heterocycles. The van der Waals surface area contributed by atoms with Gasteiger partial charge in [-0.3, -0.25) is 4.79 Å². The Morgan fingerprint density at radius 3 is 2.76 bits per heavy atom. The molecule has 0 bridgehead atoms. The number of nitrogens with one attached hydrogen (secondary N) is 1. The number of Topliss-reactive ketones (excluding diaryl/α,β-unsaturated/α-hetero) is 1. The maximum atomic E-state index is 12.7. The van der Waals surface area contributed by atoms with Crippen molar-refractivity contribution in [3.8, 4) is 0 Å². The highest BCUT2D eigenvalue weighted by Crippen LogP contribution is 2.66. The van der Waals surface area contributed by atoms with Crippen LogP contribution in [0.3, 0.4) is 0 Å².